The molecule has 0 saturated heterocycles. The minimum absolute atomic E-state index is 0.212. The van der Waals surface area contributed by atoms with Crippen molar-refractivity contribution in [3.63, 3.8) is 0 Å². The van der Waals surface area contributed by atoms with Crippen molar-refractivity contribution in [2.45, 2.75) is 10.2 Å². The summed E-state index contributed by atoms with van der Waals surface area (Å²) in [6.45, 7) is 0. The van der Waals surface area contributed by atoms with Crippen LogP contribution in [0.4, 0.5) is 11.8 Å². The van der Waals surface area contributed by atoms with Crippen LogP contribution in [0.1, 0.15) is 0 Å². The molecular formula is C7H10N8S. The van der Waals surface area contributed by atoms with Gasteiger partial charge in [-0.2, -0.15) is 4.98 Å². The van der Waals surface area contributed by atoms with Crippen molar-refractivity contribution in [3.8, 4) is 0 Å². The fourth-order valence-electron chi connectivity index (χ4n) is 1.02. The Morgan fingerprint density at radius 3 is 2.88 bits per heavy atom. The average molecular weight is 238 g/mol. The number of tetrazole rings is 1. The molecule has 9 heteroatoms. The molecule has 0 aliphatic carbocycles. The number of nitrogen functional groups attached to an aromatic ring is 1. The Bertz CT molecular complexity index is 495. The van der Waals surface area contributed by atoms with E-state index in [0.717, 1.165) is 0 Å². The van der Waals surface area contributed by atoms with Crippen LogP contribution in [0.3, 0.4) is 0 Å². The van der Waals surface area contributed by atoms with Crippen LogP contribution < -0.4 is 11.1 Å². The predicted octanol–water partition coefficient (Wildman–Crippen LogP) is -0.225. The number of hydrogen-bond donors (Lipinski definition) is 2. The molecule has 84 valence electrons. The molecule has 0 radical (unpaired) electrons. The third-order valence-corrected chi connectivity index (χ3v) is 2.70. The standard InChI is InChI=1S/C7H10N8S/c1-9-4-3-5(11-6(8)10-4)16-7-12-13-14-15(7)2/h3H,1-2H3,(H3,8,9,10,11). The molecule has 2 aromatic heterocycles. The van der Waals surface area contributed by atoms with Crippen LogP contribution in [-0.4, -0.2) is 37.2 Å². The number of nitrogens with one attached hydrogen (secondary N) is 1. The van der Waals surface area contributed by atoms with Crippen molar-refractivity contribution in [1.82, 2.24) is 30.2 Å². The van der Waals surface area contributed by atoms with E-state index in [-0.39, 0.29) is 5.95 Å². The van der Waals surface area contributed by atoms with Gasteiger partial charge < -0.3 is 11.1 Å². The van der Waals surface area contributed by atoms with Gasteiger partial charge in [0, 0.05) is 20.2 Å². The van der Waals surface area contributed by atoms with Crippen molar-refractivity contribution in [3.05, 3.63) is 6.07 Å². The Kier molecular flexibility index (Phi) is 2.86. The van der Waals surface area contributed by atoms with Crippen LogP contribution >= 0.6 is 11.8 Å². The van der Waals surface area contributed by atoms with Gasteiger partial charge in [-0.05, 0) is 22.2 Å². The number of hydrogen-bond acceptors (Lipinski definition) is 8. The van der Waals surface area contributed by atoms with Crippen molar-refractivity contribution < 1.29 is 0 Å². The topological polar surface area (TPSA) is 107 Å². The third-order valence-electron chi connectivity index (χ3n) is 1.75. The maximum Gasteiger partial charge on any atom is 0.223 e. The van der Waals surface area contributed by atoms with E-state index in [0.29, 0.717) is 16.0 Å². The van der Waals surface area contributed by atoms with Gasteiger partial charge in [0.25, 0.3) is 0 Å². The second kappa shape index (κ2) is 4.31. The van der Waals surface area contributed by atoms with Gasteiger partial charge in [-0.15, -0.1) is 5.10 Å². The number of anilines is 2. The van der Waals surface area contributed by atoms with Crippen molar-refractivity contribution in [2.75, 3.05) is 18.1 Å². The molecule has 0 amide bonds. The zero-order chi connectivity index (χ0) is 11.5. The molecule has 16 heavy (non-hydrogen) atoms. The molecule has 8 nitrogen and oxygen atoms in total. The molecule has 0 unspecified atom stereocenters. The zero-order valence-electron chi connectivity index (χ0n) is 8.75. The normalized spacial score (nSPS) is 10.4. The maximum atomic E-state index is 5.57. The number of nitrogens with zero attached hydrogens (tertiary/aromatic N) is 6. The van der Waals surface area contributed by atoms with Gasteiger partial charge in [0.2, 0.25) is 11.1 Å². The van der Waals surface area contributed by atoms with Crippen LogP contribution in [0.25, 0.3) is 0 Å². The number of aryl methyl sites for hydroxylation is 1. The first kappa shape index (κ1) is 10.6. The van der Waals surface area contributed by atoms with Gasteiger partial charge in [-0.3, -0.25) is 0 Å². The van der Waals surface area contributed by atoms with Gasteiger partial charge in [0.05, 0.1) is 0 Å². The lowest BCUT2D eigenvalue weighted by Gasteiger charge is -2.03. The summed E-state index contributed by atoms with van der Waals surface area (Å²) in [7, 11) is 3.52. The van der Waals surface area contributed by atoms with Crippen LogP contribution in [0.5, 0.6) is 0 Å². The van der Waals surface area contributed by atoms with Crippen LogP contribution in [0.15, 0.2) is 16.2 Å². The molecule has 0 bridgehead atoms. The Morgan fingerprint density at radius 2 is 2.25 bits per heavy atom. The highest BCUT2D eigenvalue weighted by Gasteiger charge is 2.08. The fourth-order valence-corrected chi connectivity index (χ4v) is 1.77. The molecule has 0 spiro atoms. The van der Waals surface area contributed by atoms with E-state index in [1.807, 2.05) is 0 Å². The smallest absolute Gasteiger partial charge is 0.223 e. The first-order valence-electron chi connectivity index (χ1n) is 4.41. The largest absolute Gasteiger partial charge is 0.373 e. The third kappa shape index (κ3) is 2.19. The lowest BCUT2D eigenvalue weighted by molar-refractivity contribution is 0.664. The highest BCUT2D eigenvalue weighted by molar-refractivity contribution is 7.99. The summed E-state index contributed by atoms with van der Waals surface area (Å²) in [6.07, 6.45) is 0. The zero-order valence-corrected chi connectivity index (χ0v) is 9.56. The first-order valence-corrected chi connectivity index (χ1v) is 5.23. The molecule has 2 rings (SSSR count). The molecule has 0 aliphatic rings. The molecule has 2 aromatic rings. The van der Waals surface area contributed by atoms with E-state index in [1.54, 1.807) is 24.8 Å². The van der Waals surface area contributed by atoms with Gasteiger partial charge in [0.1, 0.15) is 10.8 Å². The predicted molar refractivity (Wildman–Crippen MR) is 58.9 cm³/mol. The van der Waals surface area contributed by atoms with Gasteiger partial charge in [0.15, 0.2) is 0 Å². The molecule has 0 atom stereocenters. The minimum atomic E-state index is 0.212. The lowest BCUT2D eigenvalue weighted by Crippen LogP contribution is -2.01. The SMILES string of the molecule is CNc1cc(Sc2nnnn2C)nc(N)n1. The summed E-state index contributed by atoms with van der Waals surface area (Å²) in [4.78, 5) is 8.07. The van der Waals surface area contributed by atoms with Crippen molar-refractivity contribution in [2.24, 2.45) is 7.05 Å². The van der Waals surface area contributed by atoms with Crippen LogP contribution in [0, 0.1) is 0 Å². The van der Waals surface area contributed by atoms with Gasteiger partial charge >= 0.3 is 0 Å². The number of nitrogens with two attached hydrogens (primary N) is 1. The second-order valence-electron chi connectivity index (χ2n) is 2.89. The molecule has 0 fully saturated rings. The van der Waals surface area contributed by atoms with Gasteiger partial charge in [-0.1, -0.05) is 0 Å². The number of aromatic nitrogens is 6. The Labute approximate surface area is 95.7 Å². The molecule has 0 saturated carbocycles. The highest BCUT2D eigenvalue weighted by atomic mass is 32.2. The summed E-state index contributed by atoms with van der Waals surface area (Å²) >= 11 is 1.32. The van der Waals surface area contributed by atoms with Crippen LogP contribution in [-0.2, 0) is 7.05 Å². The fraction of sp³-hybridized carbons (Fsp3) is 0.286. The van der Waals surface area contributed by atoms with Crippen molar-refractivity contribution >= 4 is 23.5 Å². The molecule has 3 N–H and O–H groups in total. The van der Waals surface area contributed by atoms with E-state index in [9.17, 15) is 0 Å². The van der Waals surface area contributed by atoms with E-state index in [2.05, 4.69) is 30.8 Å². The highest BCUT2D eigenvalue weighted by Crippen LogP contribution is 2.24. The van der Waals surface area contributed by atoms with Gasteiger partial charge in [-0.25, -0.2) is 9.67 Å². The Hall–Kier alpha value is -1.90. The molecule has 0 aliphatic heterocycles. The average Bonchev–Trinajstić information content (AvgIpc) is 2.63. The Balaban J connectivity index is 2.28. The summed E-state index contributed by atoms with van der Waals surface area (Å²) in [5.74, 6) is 0.870. The summed E-state index contributed by atoms with van der Waals surface area (Å²) in [6, 6.07) is 1.77. The molecule has 2 heterocycles. The summed E-state index contributed by atoms with van der Waals surface area (Å²) < 4.78 is 1.56. The molecule has 0 aromatic carbocycles. The molecular weight excluding hydrogens is 228 g/mol. The lowest BCUT2D eigenvalue weighted by atomic mass is 10.6. The maximum absolute atomic E-state index is 5.57. The van der Waals surface area contributed by atoms with Crippen molar-refractivity contribution in [1.29, 1.82) is 0 Å². The summed E-state index contributed by atoms with van der Waals surface area (Å²) in [5.41, 5.74) is 5.57. The number of rotatable bonds is 3. The van der Waals surface area contributed by atoms with E-state index in [1.165, 1.54) is 11.8 Å². The monoisotopic (exact) mass is 238 g/mol. The quantitative estimate of drug-likeness (QED) is 0.706. The van der Waals surface area contributed by atoms with Crippen LogP contribution in [0.2, 0.25) is 0 Å². The van der Waals surface area contributed by atoms with E-state index < -0.39 is 0 Å². The Morgan fingerprint density at radius 1 is 1.44 bits per heavy atom. The van der Waals surface area contributed by atoms with E-state index in [4.69, 9.17) is 5.73 Å². The second-order valence-corrected chi connectivity index (χ2v) is 3.87. The van der Waals surface area contributed by atoms with E-state index >= 15 is 0 Å². The first-order chi connectivity index (χ1) is 7.69. The minimum Gasteiger partial charge on any atom is -0.373 e. The summed E-state index contributed by atoms with van der Waals surface area (Å²) in [5, 5.41) is 15.3.